The van der Waals surface area contributed by atoms with Crippen LogP contribution in [-0.4, -0.2) is 41.0 Å². The zero-order valence-electron chi connectivity index (χ0n) is 15.7. The maximum atomic E-state index is 12.9. The van der Waals surface area contributed by atoms with E-state index in [1.165, 1.54) is 16.2 Å². The lowest BCUT2D eigenvalue weighted by atomic mass is 10.1. The molecule has 2 atom stereocenters. The zero-order valence-corrected chi connectivity index (χ0v) is 16.5. The molecule has 0 saturated heterocycles. The third kappa shape index (κ3) is 4.36. The predicted molar refractivity (Wildman–Crippen MR) is 104 cm³/mol. The Labute approximate surface area is 166 Å². The molecule has 0 N–H and O–H groups in total. The number of carbonyl (C=O) groups is 2. The Hall–Kier alpha value is -2.81. The lowest BCUT2D eigenvalue weighted by Crippen LogP contribution is -2.35. The van der Waals surface area contributed by atoms with Crippen molar-refractivity contribution in [2.75, 3.05) is 18.1 Å². The van der Waals surface area contributed by atoms with Gasteiger partial charge in [0.05, 0.1) is 6.61 Å². The molecule has 1 aliphatic carbocycles. The van der Waals surface area contributed by atoms with Crippen LogP contribution in [0.3, 0.4) is 0 Å². The molecule has 1 aliphatic rings. The Balaban J connectivity index is 1.83. The van der Waals surface area contributed by atoms with E-state index in [-0.39, 0.29) is 24.6 Å². The quantitative estimate of drug-likeness (QED) is 0.381. The minimum atomic E-state index is -0.836. The highest BCUT2D eigenvalue weighted by Gasteiger charge is 2.55. The van der Waals surface area contributed by atoms with Gasteiger partial charge in [-0.15, -0.1) is 11.3 Å². The lowest BCUT2D eigenvalue weighted by molar-refractivity contribution is -0.497. The molecule has 2 unspecified atom stereocenters. The number of rotatable bonds is 8. The van der Waals surface area contributed by atoms with Gasteiger partial charge in [-0.25, -0.2) is 9.78 Å². The van der Waals surface area contributed by atoms with Gasteiger partial charge in [-0.05, 0) is 25.8 Å². The van der Waals surface area contributed by atoms with Crippen molar-refractivity contribution >= 4 is 28.3 Å². The van der Waals surface area contributed by atoms with Crippen LogP contribution in [0.5, 0.6) is 0 Å². The number of ether oxygens (including phenoxy) is 1. The number of benzene rings is 1. The average molecular weight is 403 g/mol. The van der Waals surface area contributed by atoms with E-state index < -0.39 is 22.9 Å². The maximum Gasteiger partial charge on any atom is 0.358 e. The fourth-order valence-electron chi connectivity index (χ4n) is 2.95. The van der Waals surface area contributed by atoms with Crippen LogP contribution in [0.25, 0.3) is 0 Å². The smallest absolute Gasteiger partial charge is 0.358 e. The molecule has 148 valence electrons. The highest BCUT2D eigenvalue weighted by atomic mass is 32.1. The molecular weight excluding hydrogens is 382 g/mol. The Morgan fingerprint density at radius 1 is 1.36 bits per heavy atom. The number of hydrogen-bond acceptors (Lipinski definition) is 7. The summed E-state index contributed by atoms with van der Waals surface area (Å²) in [6.07, 6.45) is 0.818. The van der Waals surface area contributed by atoms with Crippen molar-refractivity contribution in [3.05, 3.63) is 56.6 Å². The minimum absolute atomic E-state index is 0.181. The molecule has 1 aromatic carbocycles. The molecule has 0 spiro atoms. The van der Waals surface area contributed by atoms with E-state index in [0.717, 1.165) is 5.56 Å². The van der Waals surface area contributed by atoms with Gasteiger partial charge in [0, 0.05) is 22.8 Å². The summed E-state index contributed by atoms with van der Waals surface area (Å²) < 4.78 is 5.01. The summed E-state index contributed by atoms with van der Waals surface area (Å²) in [6.45, 7) is 4.01. The zero-order chi connectivity index (χ0) is 20.3. The van der Waals surface area contributed by atoms with Gasteiger partial charge in [0.15, 0.2) is 10.8 Å². The van der Waals surface area contributed by atoms with E-state index in [2.05, 4.69) is 4.98 Å². The van der Waals surface area contributed by atoms with Gasteiger partial charge >= 0.3 is 5.97 Å². The minimum Gasteiger partial charge on any atom is -0.461 e. The Morgan fingerprint density at radius 2 is 2.07 bits per heavy atom. The van der Waals surface area contributed by atoms with Crippen LogP contribution in [0, 0.1) is 23.0 Å². The summed E-state index contributed by atoms with van der Waals surface area (Å²) in [4.78, 5) is 42.0. The van der Waals surface area contributed by atoms with Gasteiger partial charge < -0.3 is 4.74 Å². The first-order valence-electron chi connectivity index (χ1n) is 9.05. The molecule has 0 bridgehead atoms. The first-order chi connectivity index (χ1) is 13.4. The molecule has 8 nitrogen and oxygen atoms in total. The molecule has 1 fully saturated rings. The number of esters is 1. The van der Waals surface area contributed by atoms with Crippen LogP contribution < -0.4 is 4.90 Å². The molecule has 0 aliphatic heterocycles. The molecule has 1 saturated carbocycles. The van der Waals surface area contributed by atoms with Crippen molar-refractivity contribution in [2.45, 2.75) is 32.7 Å². The van der Waals surface area contributed by atoms with E-state index in [1.54, 1.807) is 13.8 Å². The topological polar surface area (TPSA) is 103 Å². The second-order valence-corrected chi connectivity index (χ2v) is 7.72. The van der Waals surface area contributed by atoms with Crippen molar-refractivity contribution in [1.29, 1.82) is 0 Å². The molecule has 1 aromatic heterocycles. The average Bonchev–Trinajstić information content (AvgIpc) is 3.39. The fraction of sp³-hybridized carbons (Fsp3) is 0.421. The third-order valence-corrected chi connectivity index (χ3v) is 5.56. The Morgan fingerprint density at radius 3 is 2.68 bits per heavy atom. The molecule has 1 amide bonds. The van der Waals surface area contributed by atoms with Crippen molar-refractivity contribution in [3.8, 4) is 0 Å². The van der Waals surface area contributed by atoms with Crippen molar-refractivity contribution in [3.63, 3.8) is 0 Å². The first-order valence-corrected chi connectivity index (χ1v) is 9.87. The van der Waals surface area contributed by atoms with Crippen LogP contribution in [0.4, 0.5) is 5.13 Å². The molecule has 9 heteroatoms. The molecule has 3 rings (SSSR count). The molecule has 0 radical (unpaired) electrons. The Kier molecular flexibility index (Phi) is 6.03. The van der Waals surface area contributed by atoms with Crippen molar-refractivity contribution in [2.24, 2.45) is 5.92 Å². The molecular formula is C19H21N3O5S. The van der Waals surface area contributed by atoms with Gasteiger partial charge in [0.25, 0.3) is 0 Å². The summed E-state index contributed by atoms with van der Waals surface area (Å²) in [7, 11) is 0. The largest absolute Gasteiger partial charge is 0.461 e. The number of thiazole rings is 1. The van der Waals surface area contributed by atoms with Crippen LogP contribution in [-0.2, 0) is 16.0 Å². The maximum absolute atomic E-state index is 12.9. The van der Waals surface area contributed by atoms with Gasteiger partial charge in [0.1, 0.15) is 5.92 Å². The standard InChI is InChI=1S/C19H21N3O5S/c1-3-27-18(24)16-12(2)28-19(20-16)21(10-9-13-7-5-4-6-8-13)17(23)14-11-15(14)22(25)26/h4-8,14-15H,3,9-11H2,1-2H3. The van der Waals surface area contributed by atoms with E-state index in [1.807, 2.05) is 30.3 Å². The number of carbonyl (C=O) groups excluding carboxylic acids is 2. The SMILES string of the molecule is CCOC(=O)c1nc(N(CCc2ccccc2)C(=O)C2CC2[N+](=O)[O-])sc1C. The number of anilines is 1. The third-order valence-electron chi connectivity index (χ3n) is 4.56. The van der Waals surface area contributed by atoms with Crippen LogP contribution >= 0.6 is 11.3 Å². The van der Waals surface area contributed by atoms with E-state index >= 15 is 0 Å². The van der Waals surface area contributed by atoms with Crippen LogP contribution in [0.1, 0.15) is 34.3 Å². The van der Waals surface area contributed by atoms with E-state index in [4.69, 9.17) is 4.74 Å². The Bertz CT molecular complexity index is 883. The van der Waals surface area contributed by atoms with Gasteiger partial charge in [0.2, 0.25) is 11.9 Å². The van der Waals surface area contributed by atoms with Crippen molar-refractivity contribution in [1.82, 2.24) is 4.98 Å². The number of hydrogen-bond donors (Lipinski definition) is 0. The second-order valence-electron chi connectivity index (χ2n) is 6.54. The van der Waals surface area contributed by atoms with Gasteiger partial charge in [-0.1, -0.05) is 30.3 Å². The summed E-state index contributed by atoms with van der Waals surface area (Å²) in [5.41, 5.74) is 1.22. The number of nitrogens with zero attached hydrogens (tertiary/aromatic N) is 3. The van der Waals surface area contributed by atoms with E-state index in [0.29, 0.717) is 23.0 Å². The summed E-state index contributed by atoms with van der Waals surface area (Å²) in [6, 6.07) is 8.81. The number of aromatic nitrogens is 1. The monoisotopic (exact) mass is 403 g/mol. The summed E-state index contributed by atoms with van der Waals surface area (Å²) >= 11 is 1.22. The first kappa shape index (κ1) is 19.9. The summed E-state index contributed by atoms with van der Waals surface area (Å²) in [5.74, 6) is -1.49. The molecule has 2 aromatic rings. The predicted octanol–water partition coefficient (Wildman–Crippen LogP) is 2.87. The van der Waals surface area contributed by atoms with Gasteiger partial charge in [-0.2, -0.15) is 0 Å². The number of amides is 1. The molecule has 28 heavy (non-hydrogen) atoms. The van der Waals surface area contributed by atoms with Crippen LogP contribution in [0.2, 0.25) is 0 Å². The van der Waals surface area contributed by atoms with Crippen molar-refractivity contribution < 1.29 is 19.2 Å². The van der Waals surface area contributed by atoms with E-state index in [9.17, 15) is 19.7 Å². The number of nitro groups is 1. The highest BCUT2D eigenvalue weighted by Crippen LogP contribution is 2.37. The lowest BCUT2D eigenvalue weighted by Gasteiger charge is -2.19. The second kappa shape index (κ2) is 8.47. The van der Waals surface area contributed by atoms with Gasteiger partial charge in [-0.3, -0.25) is 19.8 Å². The normalized spacial score (nSPS) is 17.8. The summed E-state index contributed by atoms with van der Waals surface area (Å²) in [5, 5.41) is 11.4. The number of aryl methyl sites for hydroxylation is 1. The fourth-order valence-corrected chi connectivity index (χ4v) is 3.88. The van der Waals surface area contributed by atoms with Crippen LogP contribution in [0.15, 0.2) is 30.3 Å². The molecule has 1 heterocycles. The highest BCUT2D eigenvalue weighted by molar-refractivity contribution is 7.16.